The Morgan fingerprint density at radius 1 is 1.08 bits per heavy atom. The molecule has 2 saturated heterocycles. The molecular weight excluding hydrogens is 540 g/mol. The number of likely N-dealkylation sites (N-methyl/N-ethyl adjacent to an activating group) is 1. The number of likely N-dealkylation sites (tertiary alicyclic amines) is 1. The van der Waals surface area contributed by atoms with Crippen molar-refractivity contribution in [3.05, 3.63) is 69.0 Å². The molecular formula is C25H28Cl2FN5O3S. The van der Waals surface area contributed by atoms with Gasteiger partial charge in [-0.3, -0.25) is 4.90 Å². The van der Waals surface area contributed by atoms with Crippen molar-refractivity contribution >= 4 is 39.3 Å². The normalized spacial score (nSPS) is 20.9. The van der Waals surface area contributed by atoms with Gasteiger partial charge in [0.1, 0.15) is 11.9 Å². The summed E-state index contributed by atoms with van der Waals surface area (Å²) in [6, 6.07) is 11.6. The zero-order chi connectivity index (χ0) is 26.9. The average molecular weight is 569 g/mol. The molecule has 8 nitrogen and oxygen atoms in total. The predicted molar refractivity (Wildman–Crippen MR) is 141 cm³/mol. The highest BCUT2D eigenvalue weighted by molar-refractivity contribution is 7.88. The Morgan fingerprint density at radius 3 is 2.38 bits per heavy atom. The van der Waals surface area contributed by atoms with Crippen molar-refractivity contribution in [1.29, 1.82) is 5.26 Å². The topological polar surface area (TPSA) is 88.0 Å². The van der Waals surface area contributed by atoms with Gasteiger partial charge in [0.05, 0.1) is 21.9 Å². The Bertz CT molecular complexity index is 1330. The standard InChI is InChI=1S/C25H28Cl2FN5O3S/c1-30(14-17-3-4-19(13-29)23(28)11-17)24-16-32(15-20(24)18-5-6-21(26)22(27)12-18)25(34)31-7-9-33(10-8-31)37(2,35)36/h3-6,11-12,20,24H,7-10,14-16H2,1-2H3/t20-,24+/m1/s1. The molecule has 0 saturated carbocycles. The minimum atomic E-state index is -3.30. The lowest BCUT2D eigenvalue weighted by atomic mass is 9.93. The summed E-state index contributed by atoms with van der Waals surface area (Å²) < 4.78 is 39.3. The Kier molecular flexibility index (Phi) is 8.31. The fourth-order valence-corrected chi connectivity index (χ4v) is 6.16. The van der Waals surface area contributed by atoms with Crippen molar-refractivity contribution in [1.82, 2.24) is 19.0 Å². The van der Waals surface area contributed by atoms with Crippen LogP contribution >= 0.6 is 23.2 Å². The number of hydrogen-bond donors (Lipinski definition) is 0. The van der Waals surface area contributed by atoms with Crippen LogP contribution in [-0.2, 0) is 16.6 Å². The summed E-state index contributed by atoms with van der Waals surface area (Å²) in [6.07, 6.45) is 1.17. The van der Waals surface area contributed by atoms with Gasteiger partial charge in [0, 0.05) is 57.8 Å². The van der Waals surface area contributed by atoms with E-state index in [0.29, 0.717) is 48.3 Å². The number of benzene rings is 2. The number of carbonyl (C=O) groups excluding carboxylic acids is 1. The first kappa shape index (κ1) is 27.6. The third-order valence-electron chi connectivity index (χ3n) is 7.06. The van der Waals surface area contributed by atoms with Crippen molar-refractivity contribution in [2.75, 3.05) is 52.6 Å². The van der Waals surface area contributed by atoms with Gasteiger partial charge in [0.2, 0.25) is 10.0 Å². The molecule has 0 aromatic heterocycles. The molecule has 2 fully saturated rings. The van der Waals surface area contributed by atoms with Crippen molar-refractivity contribution in [3.8, 4) is 6.07 Å². The van der Waals surface area contributed by atoms with E-state index >= 15 is 0 Å². The molecule has 12 heteroatoms. The highest BCUT2D eigenvalue weighted by atomic mass is 35.5. The summed E-state index contributed by atoms with van der Waals surface area (Å²) in [5, 5.41) is 9.88. The zero-order valence-electron chi connectivity index (χ0n) is 20.6. The summed E-state index contributed by atoms with van der Waals surface area (Å²) >= 11 is 12.4. The summed E-state index contributed by atoms with van der Waals surface area (Å²) in [7, 11) is -1.38. The number of piperazine rings is 1. The van der Waals surface area contributed by atoms with Gasteiger partial charge in [0.15, 0.2) is 0 Å². The number of urea groups is 1. The first-order valence-electron chi connectivity index (χ1n) is 11.8. The van der Waals surface area contributed by atoms with Gasteiger partial charge in [-0.25, -0.2) is 17.6 Å². The molecule has 2 amide bonds. The van der Waals surface area contributed by atoms with E-state index in [1.165, 1.54) is 22.7 Å². The lowest BCUT2D eigenvalue weighted by molar-refractivity contribution is 0.138. The van der Waals surface area contributed by atoms with E-state index < -0.39 is 15.8 Å². The summed E-state index contributed by atoms with van der Waals surface area (Å²) in [6.45, 7) is 2.48. The predicted octanol–water partition coefficient (Wildman–Crippen LogP) is 3.60. The third kappa shape index (κ3) is 6.19. The Balaban J connectivity index is 1.54. The Labute approximate surface area is 226 Å². The van der Waals surface area contributed by atoms with Crippen LogP contribution in [0.2, 0.25) is 10.0 Å². The molecule has 0 spiro atoms. The van der Waals surface area contributed by atoms with E-state index in [1.807, 2.05) is 25.2 Å². The highest BCUT2D eigenvalue weighted by Crippen LogP contribution is 2.35. The SMILES string of the molecule is CN(Cc1ccc(C#N)c(F)c1)[C@H]1CN(C(=O)N2CCN(S(C)(=O)=O)CC2)C[C@@H]1c1ccc(Cl)c(Cl)c1. The van der Waals surface area contributed by atoms with E-state index in [1.54, 1.807) is 21.9 Å². The van der Waals surface area contributed by atoms with Crippen LogP contribution < -0.4 is 0 Å². The Hall–Kier alpha value is -2.42. The molecule has 0 unspecified atom stereocenters. The average Bonchev–Trinajstić information content (AvgIpc) is 3.31. The minimum Gasteiger partial charge on any atom is -0.322 e. The van der Waals surface area contributed by atoms with E-state index in [-0.39, 0.29) is 36.6 Å². The van der Waals surface area contributed by atoms with Gasteiger partial charge in [-0.05, 0) is 42.4 Å². The molecule has 198 valence electrons. The van der Waals surface area contributed by atoms with Crippen LogP contribution in [0.5, 0.6) is 0 Å². The van der Waals surface area contributed by atoms with Crippen LogP contribution in [0.3, 0.4) is 0 Å². The molecule has 4 rings (SSSR count). The molecule has 0 aliphatic carbocycles. The largest absolute Gasteiger partial charge is 0.322 e. The summed E-state index contributed by atoms with van der Waals surface area (Å²) in [4.78, 5) is 19.0. The van der Waals surface area contributed by atoms with Crippen molar-refractivity contribution < 1.29 is 17.6 Å². The molecule has 2 heterocycles. The number of nitriles is 1. The van der Waals surface area contributed by atoms with Gasteiger partial charge in [-0.2, -0.15) is 9.57 Å². The molecule has 2 aliphatic heterocycles. The minimum absolute atomic E-state index is 0.00584. The molecule has 2 aromatic rings. The highest BCUT2D eigenvalue weighted by Gasteiger charge is 2.40. The Morgan fingerprint density at radius 2 is 1.78 bits per heavy atom. The molecule has 0 bridgehead atoms. The first-order valence-corrected chi connectivity index (χ1v) is 14.4. The van der Waals surface area contributed by atoms with Crippen LogP contribution in [-0.4, -0.2) is 92.1 Å². The monoisotopic (exact) mass is 567 g/mol. The second-order valence-electron chi connectivity index (χ2n) is 9.53. The quantitative estimate of drug-likeness (QED) is 0.550. The van der Waals surface area contributed by atoms with Gasteiger partial charge in [-0.15, -0.1) is 0 Å². The number of rotatable bonds is 5. The number of nitrogens with zero attached hydrogens (tertiary/aromatic N) is 5. The third-order valence-corrected chi connectivity index (χ3v) is 9.10. The molecule has 2 aromatic carbocycles. The molecule has 0 radical (unpaired) electrons. The number of sulfonamides is 1. The lowest BCUT2D eigenvalue weighted by Gasteiger charge is -2.35. The summed E-state index contributed by atoms with van der Waals surface area (Å²) in [5.41, 5.74) is 1.65. The maximum Gasteiger partial charge on any atom is 0.320 e. The summed E-state index contributed by atoms with van der Waals surface area (Å²) in [5.74, 6) is -0.643. The van der Waals surface area contributed by atoms with Crippen LogP contribution in [0.1, 0.15) is 22.6 Å². The smallest absolute Gasteiger partial charge is 0.320 e. The van der Waals surface area contributed by atoms with Crippen molar-refractivity contribution in [2.45, 2.75) is 18.5 Å². The lowest BCUT2D eigenvalue weighted by Crippen LogP contribution is -2.53. The fourth-order valence-electron chi connectivity index (χ4n) is 5.02. The molecule has 2 atom stereocenters. The van der Waals surface area contributed by atoms with E-state index in [4.69, 9.17) is 28.5 Å². The van der Waals surface area contributed by atoms with Crippen LogP contribution in [0, 0.1) is 17.1 Å². The number of carbonyl (C=O) groups is 1. The van der Waals surface area contributed by atoms with Crippen LogP contribution in [0.4, 0.5) is 9.18 Å². The molecule has 0 N–H and O–H groups in total. The van der Waals surface area contributed by atoms with E-state index in [9.17, 15) is 17.6 Å². The maximum atomic E-state index is 14.2. The van der Waals surface area contributed by atoms with Crippen LogP contribution in [0.25, 0.3) is 0 Å². The number of amides is 2. The van der Waals surface area contributed by atoms with Gasteiger partial charge < -0.3 is 9.80 Å². The molecule has 37 heavy (non-hydrogen) atoms. The second-order valence-corrected chi connectivity index (χ2v) is 12.3. The second kappa shape index (κ2) is 11.1. The van der Waals surface area contributed by atoms with Gasteiger partial charge in [0.25, 0.3) is 0 Å². The van der Waals surface area contributed by atoms with E-state index in [2.05, 4.69) is 4.90 Å². The maximum absolute atomic E-state index is 14.2. The van der Waals surface area contributed by atoms with Crippen molar-refractivity contribution in [3.63, 3.8) is 0 Å². The molecule has 2 aliphatic rings. The number of halogens is 3. The zero-order valence-corrected chi connectivity index (χ0v) is 22.9. The van der Waals surface area contributed by atoms with E-state index in [0.717, 1.165) is 5.56 Å². The fraction of sp³-hybridized carbons (Fsp3) is 0.440. The first-order chi connectivity index (χ1) is 17.5. The number of hydrogen-bond acceptors (Lipinski definition) is 5. The van der Waals surface area contributed by atoms with Crippen molar-refractivity contribution in [2.24, 2.45) is 0 Å². The van der Waals surface area contributed by atoms with Crippen LogP contribution in [0.15, 0.2) is 36.4 Å². The van der Waals surface area contributed by atoms with Gasteiger partial charge >= 0.3 is 6.03 Å². The van der Waals surface area contributed by atoms with Gasteiger partial charge in [-0.1, -0.05) is 35.3 Å².